The summed E-state index contributed by atoms with van der Waals surface area (Å²) in [6.07, 6.45) is 0.842. The van der Waals surface area contributed by atoms with Gasteiger partial charge in [-0.1, -0.05) is 103 Å². The van der Waals surface area contributed by atoms with Crippen LogP contribution in [0.5, 0.6) is 0 Å². The van der Waals surface area contributed by atoms with Crippen molar-refractivity contribution in [2.75, 3.05) is 0 Å². The number of benzene rings is 3. The Kier molecular flexibility index (Phi) is 6.04. The van der Waals surface area contributed by atoms with Crippen LogP contribution in [-0.2, 0) is 12.2 Å². The number of rotatable bonds is 5. The average molecular weight is 499 g/mol. The molecule has 0 saturated heterocycles. The molecule has 3 heterocycles. The van der Waals surface area contributed by atoms with E-state index in [1.807, 2.05) is 30.0 Å². The number of fused-ring (bicyclic) bond motifs is 3. The molecule has 0 spiro atoms. The van der Waals surface area contributed by atoms with Gasteiger partial charge in [0, 0.05) is 15.9 Å². The fourth-order valence-corrected chi connectivity index (χ4v) is 8.34. The normalized spacial score (nSPS) is 17.5. The first-order chi connectivity index (χ1) is 16.8. The van der Waals surface area contributed by atoms with E-state index in [9.17, 15) is 4.79 Å². The number of thioether (sulfide) groups is 2. The molecule has 2 atom stereocenters. The van der Waals surface area contributed by atoms with Gasteiger partial charge in [0.15, 0.2) is 5.16 Å². The summed E-state index contributed by atoms with van der Waals surface area (Å²) in [5.74, 6) is 0.777. The molecule has 34 heavy (non-hydrogen) atoms. The van der Waals surface area contributed by atoms with Crippen molar-refractivity contribution in [2.45, 2.75) is 27.8 Å². The van der Waals surface area contributed by atoms with Crippen molar-refractivity contribution < 1.29 is 0 Å². The maximum atomic E-state index is 13.3. The third kappa shape index (κ3) is 4.22. The Labute approximate surface area is 210 Å². The largest absolute Gasteiger partial charge is 0.301 e. The summed E-state index contributed by atoms with van der Waals surface area (Å²) < 4.78 is 0. The van der Waals surface area contributed by atoms with Gasteiger partial charge in [-0.15, -0.1) is 23.1 Å². The third-order valence-electron chi connectivity index (χ3n) is 6.09. The molecule has 0 bridgehead atoms. The number of H-pyrrole nitrogens is 1. The number of nitrogens with zero attached hydrogens (tertiary/aromatic N) is 1. The summed E-state index contributed by atoms with van der Waals surface area (Å²) in [5.41, 5.74) is 4.93. The Bertz CT molecular complexity index is 1480. The molecule has 1 aliphatic heterocycles. The van der Waals surface area contributed by atoms with E-state index in [0.29, 0.717) is 10.4 Å². The maximum Gasteiger partial charge on any atom is 0.260 e. The first-order valence-electron chi connectivity index (χ1n) is 11.2. The zero-order chi connectivity index (χ0) is 22.9. The molecule has 0 radical (unpaired) electrons. The molecule has 0 saturated carbocycles. The second-order valence-corrected chi connectivity index (χ2v) is 11.6. The zero-order valence-corrected chi connectivity index (χ0v) is 20.8. The number of nitrogens with one attached hydrogen (secondary N) is 1. The van der Waals surface area contributed by atoms with Crippen molar-refractivity contribution in [1.29, 1.82) is 0 Å². The first-order valence-corrected chi connectivity index (χ1v) is 14.0. The van der Waals surface area contributed by atoms with Crippen LogP contribution in [0.4, 0.5) is 0 Å². The van der Waals surface area contributed by atoms with E-state index in [4.69, 9.17) is 4.98 Å². The van der Waals surface area contributed by atoms with Crippen LogP contribution in [0.1, 0.15) is 37.6 Å². The summed E-state index contributed by atoms with van der Waals surface area (Å²) in [6, 6.07) is 31.5. The molecule has 5 aromatic rings. The van der Waals surface area contributed by atoms with Crippen LogP contribution < -0.4 is 5.56 Å². The van der Waals surface area contributed by atoms with Crippen LogP contribution in [-0.4, -0.2) is 9.97 Å². The molecule has 3 nitrogen and oxygen atoms in total. The van der Waals surface area contributed by atoms with Crippen molar-refractivity contribution in [2.24, 2.45) is 0 Å². The lowest BCUT2D eigenvalue weighted by Gasteiger charge is -2.29. The second-order valence-electron chi connectivity index (χ2n) is 8.30. The van der Waals surface area contributed by atoms with Gasteiger partial charge in [0.25, 0.3) is 5.56 Å². The molecule has 0 aliphatic carbocycles. The number of thiophene rings is 1. The molecule has 1 N–H and O–H groups in total. The van der Waals surface area contributed by atoms with Crippen LogP contribution >= 0.6 is 34.9 Å². The van der Waals surface area contributed by atoms with Crippen molar-refractivity contribution >= 4 is 45.1 Å². The molecule has 3 aromatic carbocycles. The molecular formula is C28H22N2OS3. The standard InChI is InChI=1S/C28H22N2OS3/c31-26-23-21-16-22(19-12-6-2-7-13-19)33-24(20-14-8-3-9-15-20)25(21)34-27(23)30-28(29-26)32-17-18-10-4-1-5-11-18/h1-15,22,24H,16-17H2,(H,29,30,31)/t22-,24+/m0/s1. The SMILES string of the molecule is O=c1[nH]c(SCc2ccccc2)nc2sc3c(c12)C[C@@H](c1ccccc1)S[C@@H]3c1ccccc1. The van der Waals surface area contributed by atoms with Gasteiger partial charge in [-0.2, -0.15) is 0 Å². The Morgan fingerprint density at radius 1 is 0.882 bits per heavy atom. The Morgan fingerprint density at radius 3 is 2.24 bits per heavy atom. The fraction of sp³-hybridized carbons (Fsp3) is 0.143. The van der Waals surface area contributed by atoms with Crippen LogP contribution in [0, 0.1) is 0 Å². The highest BCUT2D eigenvalue weighted by atomic mass is 32.2. The minimum Gasteiger partial charge on any atom is -0.301 e. The summed E-state index contributed by atoms with van der Waals surface area (Å²) in [4.78, 5) is 23.4. The van der Waals surface area contributed by atoms with Gasteiger partial charge in [-0.25, -0.2) is 4.98 Å². The van der Waals surface area contributed by atoms with Gasteiger partial charge in [0.1, 0.15) is 4.83 Å². The van der Waals surface area contributed by atoms with Crippen LogP contribution in [0.3, 0.4) is 0 Å². The van der Waals surface area contributed by atoms with Gasteiger partial charge >= 0.3 is 0 Å². The quantitative estimate of drug-likeness (QED) is 0.203. The van der Waals surface area contributed by atoms with E-state index in [1.54, 1.807) is 23.1 Å². The minimum absolute atomic E-state index is 0.0245. The first kappa shape index (κ1) is 21.7. The number of hydrogen-bond donors (Lipinski definition) is 1. The monoisotopic (exact) mass is 498 g/mol. The van der Waals surface area contributed by atoms with Gasteiger partial charge in [0.05, 0.1) is 10.6 Å². The highest BCUT2D eigenvalue weighted by Gasteiger charge is 2.34. The Hall–Kier alpha value is -2.80. The van der Waals surface area contributed by atoms with Crippen molar-refractivity contribution in [3.63, 3.8) is 0 Å². The molecule has 0 fully saturated rings. The van der Waals surface area contributed by atoms with Crippen LogP contribution in [0.25, 0.3) is 10.2 Å². The van der Waals surface area contributed by atoms with Crippen molar-refractivity contribution in [1.82, 2.24) is 9.97 Å². The summed E-state index contributed by atoms with van der Waals surface area (Å²) >= 11 is 5.24. The van der Waals surface area contributed by atoms with E-state index in [2.05, 4.69) is 77.8 Å². The van der Waals surface area contributed by atoms with E-state index < -0.39 is 0 Å². The van der Waals surface area contributed by atoms with E-state index >= 15 is 0 Å². The number of aromatic amines is 1. The molecule has 1 aliphatic rings. The number of aromatic nitrogens is 2. The summed E-state index contributed by atoms with van der Waals surface area (Å²) in [6.45, 7) is 0. The topological polar surface area (TPSA) is 45.8 Å². The van der Waals surface area contributed by atoms with Crippen LogP contribution in [0.15, 0.2) is 101 Å². The average Bonchev–Trinajstić information content (AvgIpc) is 3.27. The van der Waals surface area contributed by atoms with E-state index in [0.717, 1.165) is 28.0 Å². The Morgan fingerprint density at radius 2 is 1.53 bits per heavy atom. The second kappa shape index (κ2) is 9.45. The summed E-state index contributed by atoms with van der Waals surface area (Å²) in [7, 11) is 0. The fourth-order valence-electron chi connectivity index (χ4n) is 4.45. The van der Waals surface area contributed by atoms with Gasteiger partial charge in [-0.3, -0.25) is 4.79 Å². The predicted molar refractivity (Wildman–Crippen MR) is 145 cm³/mol. The van der Waals surface area contributed by atoms with Crippen molar-refractivity contribution in [3.8, 4) is 0 Å². The maximum absolute atomic E-state index is 13.3. The van der Waals surface area contributed by atoms with Gasteiger partial charge in [0.2, 0.25) is 0 Å². The highest BCUT2D eigenvalue weighted by Crippen LogP contribution is 2.54. The minimum atomic E-state index is -0.0245. The molecule has 6 heteroatoms. The molecule has 6 rings (SSSR count). The molecule has 2 aromatic heterocycles. The lowest BCUT2D eigenvalue weighted by molar-refractivity contribution is 0.890. The lowest BCUT2D eigenvalue weighted by Crippen LogP contribution is -2.15. The number of hydrogen-bond acceptors (Lipinski definition) is 5. The lowest BCUT2D eigenvalue weighted by atomic mass is 9.98. The molecule has 168 valence electrons. The Balaban J connectivity index is 1.42. The van der Waals surface area contributed by atoms with E-state index in [-0.39, 0.29) is 10.8 Å². The van der Waals surface area contributed by atoms with E-state index in [1.165, 1.54) is 21.6 Å². The molecule has 0 amide bonds. The predicted octanol–water partition coefficient (Wildman–Crippen LogP) is 7.40. The van der Waals surface area contributed by atoms with Crippen molar-refractivity contribution in [3.05, 3.63) is 128 Å². The third-order valence-corrected chi connectivity index (χ3v) is 9.92. The van der Waals surface area contributed by atoms with Gasteiger partial charge in [-0.05, 0) is 28.7 Å². The zero-order valence-electron chi connectivity index (χ0n) is 18.3. The molecule has 0 unspecified atom stereocenters. The van der Waals surface area contributed by atoms with Crippen LogP contribution in [0.2, 0.25) is 0 Å². The van der Waals surface area contributed by atoms with Gasteiger partial charge < -0.3 is 4.98 Å². The highest BCUT2D eigenvalue weighted by molar-refractivity contribution is 8.00. The molecular weight excluding hydrogens is 477 g/mol. The summed E-state index contributed by atoms with van der Waals surface area (Å²) in [5, 5.41) is 1.94. The smallest absolute Gasteiger partial charge is 0.260 e.